The van der Waals surface area contributed by atoms with Gasteiger partial charge in [-0.05, 0) is 57.2 Å². The Hall–Kier alpha value is -1.62. The molecule has 21 heavy (non-hydrogen) atoms. The fourth-order valence-corrected chi connectivity index (χ4v) is 3.40. The van der Waals surface area contributed by atoms with Gasteiger partial charge in [-0.1, -0.05) is 0 Å². The van der Waals surface area contributed by atoms with Gasteiger partial charge in [0.25, 0.3) is 11.5 Å². The first-order chi connectivity index (χ1) is 10.2. The van der Waals surface area contributed by atoms with Crippen LogP contribution in [0.2, 0.25) is 0 Å². The molecule has 1 aliphatic heterocycles. The minimum absolute atomic E-state index is 0.121. The third-order valence-corrected chi connectivity index (χ3v) is 4.69. The zero-order valence-electron chi connectivity index (χ0n) is 12.6. The molecule has 0 bridgehead atoms. The second-order valence-electron chi connectivity index (χ2n) is 6.10. The number of likely N-dealkylation sites (N-methyl/N-ethyl adjacent to an activating group) is 1. The molecule has 0 radical (unpaired) electrons. The highest BCUT2D eigenvalue weighted by Gasteiger charge is 2.26. The van der Waals surface area contributed by atoms with Gasteiger partial charge < -0.3 is 15.2 Å². The predicted octanol–water partition coefficient (Wildman–Crippen LogP) is 1.08. The number of aromatic nitrogens is 1. The molecule has 2 aliphatic rings. The molecule has 1 saturated heterocycles. The average Bonchev–Trinajstić information content (AvgIpc) is 2.53. The van der Waals surface area contributed by atoms with E-state index < -0.39 is 0 Å². The van der Waals surface area contributed by atoms with Crippen molar-refractivity contribution in [2.45, 2.75) is 44.6 Å². The van der Waals surface area contributed by atoms with E-state index in [0.29, 0.717) is 18.2 Å². The third-order valence-electron chi connectivity index (χ3n) is 4.69. The van der Waals surface area contributed by atoms with Crippen LogP contribution in [0, 0.1) is 0 Å². The molecule has 1 amide bonds. The summed E-state index contributed by atoms with van der Waals surface area (Å²) in [7, 11) is 1.92. The van der Waals surface area contributed by atoms with Gasteiger partial charge in [0.15, 0.2) is 0 Å². The van der Waals surface area contributed by atoms with Gasteiger partial charge >= 0.3 is 0 Å². The highest BCUT2D eigenvalue weighted by atomic mass is 16.2. The number of hydrogen-bond acceptors (Lipinski definition) is 3. The molecule has 2 heterocycles. The molecule has 3 rings (SSSR count). The maximum Gasteiger partial charge on any atom is 0.261 e. The number of amides is 1. The molecule has 5 heteroatoms. The van der Waals surface area contributed by atoms with E-state index in [0.717, 1.165) is 56.3 Å². The van der Waals surface area contributed by atoms with Crippen LogP contribution in [0.15, 0.2) is 10.9 Å². The van der Waals surface area contributed by atoms with Gasteiger partial charge in [-0.2, -0.15) is 0 Å². The van der Waals surface area contributed by atoms with Crippen LogP contribution in [0.4, 0.5) is 0 Å². The van der Waals surface area contributed by atoms with Crippen molar-refractivity contribution >= 4 is 5.91 Å². The van der Waals surface area contributed by atoms with Gasteiger partial charge in [0.2, 0.25) is 0 Å². The Labute approximate surface area is 124 Å². The summed E-state index contributed by atoms with van der Waals surface area (Å²) in [6.07, 6.45) is 6.21. The molecule has 1 unspecified atom stereocenters. The smallest absolute Gasteiger partial charge is 0.261 e. The van der Waals surface area contributed by atoms with Gasteiger partial charge in [0.05, 0.1) is 0 Å². The average molecular weight is 289 g/mol. The fourth-order valence-electron chi connectivity index (χ4n) is 3.40. The monoisotopic (exact) mass is 289 g/mol. The molecule has 1 fully saturated rings. The Bertz CT molecular complexity index is 594. The van der Waals surface area contributed by atoms with Crippen molar-refractivity contribution in [1.82, 2.24) is 15.2 Å². The second kappa shape index (κ2) is 6.02. The molecule has 1 aromatic rings. The molecule has 1 atom stereocenters. The minimum Gasteiger partial charge on any atom is -0.337 e. The van der Waals surface area contributed by atoms with E-state index in [1.165, 1.54) is 0 Å². The van der Waals surface area contributed by atoms with Crippen LogP contribution in [0.25, 0.3) is 0 Å². The molecule has 0 saturated carbocycles. The Morgan fingerprint density at radius 2 is 2.14 bits per heavy atom. The number of piperidine rings is 1. The van der Waals surface area contributed by atoms with Gasteiger partial charge in [0.1, 0.15) is 5.56 Å². The maximum absolute atomic E-state index is 12.6. The highest BCUT2D eigenvalue weighted by molar-refractivity contribution is 5.94. The Morgan fingerprint density at radius 3 is 2.95 bits per heavy atom. The number of aryl methyl sites for hydroxylation is 2. The summed E-state index contributed by atoms with van der Waals surface area (Å²) >= 11 is 0. The van der Waals surface area contributed by atoms with Crippen molar-refractivity contribution in [3.63, 3.8) is 0 Å². The van der Waals surface area contributed by atoms with Crippen molar-refractivity contribution < 1.29 is 4.79 Å². The molecular formula is C16H23N3O2. The van der Waals surface area contributed by atoms with Crippen LogP contribution in [0.1, 0.15) is 47.3 Å². The number of nitrogens with one attached hydrogen (secondary N) is 2. The number of rotatable bonds is 2. The summed E-state index contributed by atoms with van der Waals surface area (Å²) in [5.41, 5.74) is 2.25. The van der Waals surface area contributed by atoms with Crippen LogP contribution in [0.5, 0.6) is 0 Å². The van der Waals surface area contributed by atoms with Crippen molar-refractivity contribution in [3.05, 3.63) is 33.2 Å². The fraction of sp³-hybridized carbons (Fsp3) is 0.625. The highest BCUT2D eigenvalue weighted by Crippen LogP contribution is 2.20. The summed E-state index contributed by atoms with van der Waals surface area (Å²) in [5, 5.41) is 3.22. The SMILES string of the molecule is CNC1CCCN(C(=O)c2cc3c([nH]c2=O)CCCC3)C1. The van der Waals surface area contributed by atoms with Gasteiger partial charge in [-0.3, -0.25) is 9.59 Å². The second-order valence-corrected chi connectivity index (χ2v) is 6.10. The first-order valence-electron chi connectivity index (χ1n) is 7.90. The van der Waals surface area contributed by atoms with E-state index >= 15 is 0 Å². The largest absolute Gasteiger partial charge is 0.337 e. The summed E-state index contributed by atoms with van der Waals surface area (Å²) in [5.74, 6) is -0.121. The Balaban J connectivity index is 1.85. The molecule has 0 spiro atoms. The first kappa shape index (κ1) is 14.3. The summed E-state index contributed by atoms with van der Waals surface area (Å²) in [6.45, 7) is 1.43. The molecule has 2 N–H and O–H groups in total. The summed E-state index contributed by atoms with van der Waals surface area (Å²) in [6, 6.07) is 2.16. The lowest BCUT2D eigenvalue weighted by Crippen LogP contribution is -2.48. The lowest BCUT2D eigenvalue weighted by molar-refractivity contribution is 0.0696. The number of likely N-dealkylation sites (tertiary alicyclic amines) is 1. The Morgan fingerprint density at radius 1 is 1.33 bits per heavy atom. The zero-order chi connectivity index (χ0) is 14.8. The number of carbonyl (C=O) groups excluding carboxylic acids is 1. The number of H-pyrrole nitrogens is 1. The lowest BCUT2D eigenvalue weighted by atomic mass is 9.94. The standard InChI is InChI=1S/C16H23N3O2/c1-17-12-6-4-8-19(10-12)16(21)13-9-11-5-2-3-7-14(11)18-15(13)20/h9,12,17H,2-8,10H2,1H3,(H,18,20). The number of aromatic amines is 1. The number of fused-ring (bicyclic) bond motifs is 1. The molecule has 5 nitrogen and oxygen atoms in total. The van der Waals surface area contributed by atoms with Gasteiger partial charge in [-0.25, -0.2) is 0 Å². The van der Waals surface area contributed by atoms with Crippen LogP contribution < -0.4 is 10.9 Å². The maximum atomic E-state index is 12.6. The van der Waals surface area contributed by atoms with Crippen LogP contribution in [-0.2, 0) is 12.8 Å². The summed E-state index contributed by atoms with van der Waals surface area (Å²) in [4.78, 5) is 29.6. The number of hydrogen-bond donors (Lipinski definition) is 2. The van der Waals surface area contributed by atoms with Crippen LogP contribution in [-0.4, -0.2) is 42.0 Å². The molecule has 1 aliphatic carbocycles. The van der Waals surface area contributed by atoms with Crippen molar-refractivity contribution in [1.29, 1.82) is 0 Å². The van der Waals surface area contributed by atoms with Gasteiger partial charge in [-0.15, -0.1) is 0 Å². The molecule has 0 aromatic carbocycles. The third kappa shape index (κ3) is 2.88. The normalized spacial score (nSPS) is 22.0. The van der Waals surface area contributed by atoms with E-state index in [2.05, 4.69) is 10.3 Å². The molecule has 1 aromatic heterocycles. The van der Waals surface area contributed by atoms with E-state index in [-0.39, 0.29) is 11.5 Å². The van der Waals surface area contributed by atoms with E-state index in [9.17, 15) is 9.59 Å². The van der Waals surface area contributed by atoms with Crippen molar-refractivity contribution in [2.24, 2.45) is 0 Å². The predicted molar refractivity (Wildman–Crippen MR) is 81.7 cm³/mol. The van der Waals surface area contributed by atoms with Crippen molar-refractivity contribution in [3.8, 4) is 0 Å². The van der Waals surface area contributed by atoms with Crippen LogP contribution >= 0.6 is 0 Å². The number of nitrogens with zero attached hydrogens (tertiary/aromatic N) is 1. The first-order valence-corrected chi connectivity index (χ1v) is 7.90. The van der Waals surface area contributed by atoms with Crippen molar-refractivity contribution in [2.75, 3.05) is 20.1 Å². The topological polar surface area (TPSA) is 65.2 Å². The van der Waals surface area contributed by atoms with E-state index in [1.807, 2.05) is 18.0 Å². The summed E-state index contributed by atoms with van der Waals surface area (Å²) < 4.78 is 0. The molecular weight excluding hydrogens is 266 g/mol. The molecule has 114 valence electrons. The van der Waals surface area contributed by atoms with Crippen LogP contribution in [0.3, 0.4) is 0 Å². The Kier molecular flexibility index (Phi) is 4.10. The van der Waals surface area contributed by atoms with E-state index in [4.69, 9.17) is 0 Å². The van der Waals surface area contributed by atoms with E-state index in [1.54, 1.807) is 0 Å². The number of carbonyl (C=O) groups is 1. The zero-order valence-corrected chi connectivity index (χ0v) is 12.6. The van der Waals surface area contributed by atoms with Gasteiger partial charge in [0, 0.05) is 24.8 Å². The minimum atomic E-state index is -0.229. The quantitative estimate of drug-likeness (QED) is 0.856. The number of pyridine rings is 1. The lowest BCUT2D eigenvalue weighted by Gasteiger charge is -2.32.